The molecule has 1 N–H and O–H groups in total. The van der Waals surface area contributed by atoms with Gasteiger partial charge in [-0.1, -0.05) is 17.7 Å². The maximum absolute atomic E-state index is 12.3. The molecular weight excluding hydrogens is 338 g/mol. The summed E-state index contributed by atoms with van der Waals surface area (Å²) in [4.78, 5) is 28.5. The zero-order valence-corrected chi connectivity index (χ0v) is 16.3. The number of nitrogens with zero attached hydrogens (tertiary/aromatic N) is 2. The lowest BCUT2D eigenvalue weighted by Gasteiger charge is -2.23. The molecule has 2 amide bonds. The molecule has 1 aromatic carbocycles. The number of anilines is 1. The van der Waals surface area contributed by atoms with Crippen molar-refractivity contribution >= 4 is 29.1 Å². The van der Waals surface area contributed by atoms with Crippen LogP contribution in [0.4, 0.5) is 5.69 Å². The van der Waals surface area contributed by atoms with Crippen LogP contribution in [0.15, 0.2) is 18.2 Å². The smallest absolute Gasteiger partial charge is 0.233 e. The van der Waals surface area contributed by atoms with E-state index < -0.39 is 0 Å². The van der Waals surface area contributed by atoms with Gasteiger partial charge in [-0.15, -0.1) is 0 Å². The van der Waals surface area contributed by atoms with Crippen molar-refractivity contribution in [2.75, 3.05) is 32.0 Å². The molecule has 0 spiro atoms. The van der Waals surface area contributed by atoms with Gasteiger partial charge in [0, 0.05) is 36.9 Å². The third kappa shape index (κ3) is 5.72. The number of aryl methyl sites for hydroxylation is 1. The van der Waals surface area contributed by atoms with Crippen LogP contribution in [-0.2, 0) is 9.59 Å². The fourth-order valence-corrected chi connectivity index (χ4v) is 3.30. The molecule has 5 nitrogen and oxygen atoms in total. The van der Waals surface area contributed by atoms with Gasteiger partial charge in [0.05, 0.1) is 0 Å². The molecular formula is C19H28ClN3O2. The van der Waals surface area contributed by atoms with Crippen molar-refractivity contribution < 1.29 is 9.59 Å². The van der Waals surface area contributed by atoms with E-state index in [1.807, 2.05) is 13.0 Å². The third-order valence-corrected chi connectivity index (χ3v) is 5.18. The van der Waals surface area contributed by atoms with Crippen molar-refractivity contribution in [3.8, 4) is 0 Å². The van der Waals surface area contributed by atoms with Gasteiger partial charge in [0.15, 0.2) is 0 Å². The highest BCUT2D eigenvalue weighted by Gasteiger charge is 2.26. The molecule has 1 saturated heterocycles. The highest BCUT2D eigenvalue weighted by Crippen LogP contribution is 2.21. The molecule has 1 aromatic rings. The van der Waals surface area contributed by atoms with Gasteiger partial charge in [-0.3, -0.25) is 9.59 Å². The highest BCUT2D eigenvalue weighted by molar-refractivity contribution is 6.31. The standard InChI is InChI=1S/C19H28ClN3O2/c1-13(2)23-8-7-15(12-23)11-22(4)19(25)10-18(24)21-16-6-5-14(3)17(20)9-16/h5-6,9,13,15H,7-8,10-12H2,1-4H3,(H,21,24)/t15-/m0/s1. The summed E-state index contributed by atoms with van der Waals surface area (Å²) < 4.78 is 0. The molecule has 0 unspecified atom stereocenters. The zero-order valence-electron chi connectivity index (χ0n) is 15.5. The van der Waals surface area contributed by atoms with Gasteiger partial charge in [-0.2, -0.15) is 0 Å². The highest BCUT2D eigenvalue weighted by atomic mass is 35.5. The van der Waals surface area contributed by atoms with E-state index in [9.17, 15) is 9.59 Å². The van der Waals surface area contributed by atoms with Gasteiger partial charge in [0.2, 0.25) is 11.8 Å². The Hall–Kier alpha value is -1.59. The second kappa shape index (κ2) is 8.68. The van der Waals surface area contributed by atoms with Crippen LogP contribution in [0.2, 0.25) is 5.02 Å². The van der Waals surface area contributed by atoms with Crippen LogP contribution in [0.25, 0.3) is 0 Å². The summed E-state index contributed by atoms with van der Waals surface area (Å²) in [5.41, 5.74) is 1.56. The second-order valence-corrected chi connectivity index (χ2v) is 7.61. The SMILES string of the molecule is Cc1ccc(NC(=O)CC(=O)N(C)C[C@@H]2CCN(C(C)C)C2)cc1Cl. The first-order valence-electron chi connectivity index (χ1n) is 8.80. The zero-order chi connectivity index (χ0) is 18.6. The number of hydrogen-bond donors (Lipinski definition) is 1. The van der Waals surface area contributed by atoms with Crippen LogP contribution < -0.4 is 5.32 Å². The molecule has 1 aliphatic heterocycles. The quantitative estimate of drug-likeness (QED) is 0.788. The Morgan fingerprint density at radius 1 is 1.40 bits per heavy atom. The second-order valence-electron chi connectivity index (χ2n) is 7.21. The lowest BCUT2D eigenvalue weighted by atomic mass is 10.1. The first-order chi connectivity index (χ1) is 11.8. The minimum absolute atomic E-state index is 0.150. The van der Waals surface area contributed by atoms with Crippen molar-refractivity contribution in [3.63, 3.8) is 0 Å². The molecule has 1 atom stereocenters. The van der Waals surface area contributed by atoms with E-state index >= 15 is 0 Å². The Morgan fingerprint density at radius 2 is 2.12 bits per heavy atom. The molecule has 6 heteroatoms. The van der Waals surface area contributed by atoms with Crippen molar-refractivity contribution in [2.24, 2.45) is 5.92 Å². The number of nitrogens with one attached hydrogen (secondary N) is 1. The lowest BCUT2D eigenvalue weighted by molar-refractivity contribution is -0.133. The average molecular weight is 366 g/mol. The van der Waals surface area contributed by atoms with Crippen LogP contribution in [-0.4, -0.2) is 54.3 Å². The fraction of sp³-hybridized carbons (Fsp3) is 0.579. The first kappa shape index (κ1) is 19.7. The molecule has 0 saturated carbocycles. The van der Waals surface area contributed by atoms with E-state index in [1.165, 1.54) is 0 Å². The van der Waals surface area contributed by atoms with E-state index in [0.29, 0.717) is 29.2 Å². The minimum atomic E-state index is -0.313. The van der Waals surface area contributed by atoms with E-state index in [1.54, 1.807) is 24.1 Å². The van der Waals surface area contributed by atoms with E-state index in [0.717, 1.165) is 25.1 Å². The van der Waals surface area contributed by atoms with Crippen LogP contribution in [0.5, 0.6) is 0 Å². The summed E-state index contributed by atoms with van der Waals surface area (Å²) in [6.45, 7) is 9.09. The Bertz CT molecular complexity index is 633. The summed E-state index contributed by atoms with van der Waals surface area (Å²) in [5, 5.41) is 3.33. The van der Waals surface area contributed by atoms with E-state index in [2.05, 4.69) is 24.1 Å². The molecule has 1 aliphatic rings. The summed E-state index contributed by atoms with van der Waals surface area (Å²) in [7, 11) is 1.77. The number of carbonyl (C=O) groups is 2. The maximum atomic E-state index is 12.3. The predicted molar refractivity (Wildman–Crippen MR) is 102 cm³/mol. The van der Waals surface area contributed by atoms with E-state index in [4.69, 9.17) is 11.6 Å². The fourth-order valence-electron chi connectivity index (χ4n) is 3.12. The van der Waals surface area contributed by atoms with Crippen molar-refractivity contribution in [3.05, 3.63) is 28.8 Å². The van der Waals surface area contributed by atoms with Gasteiger partial charge in [-0.05, 0) is 57.4 Å². The number of likely N-dealkylation sites (tertiary alicyclic amines) is 1. The number of halogens is 1. The molecule has 25 heavy (non-hydrogen) atoms. The van der Waals surface area contributed by atoms with Crippen LogP contribution in [0.3, 0.4) is 0 Å². The average Bonchev–Trinajstić information content (AvgIpc) is 2.99. The number of benzene rings is 1. The van der Waals surface area contributed by atoms with Crippen molar-refractivity contribution in [2.45, 2.75) is 39.7 Å². The van der Waals surface area contributed by atoms with Crippen LogP contribution >= 0.6 is 11.6 Å². The summed E-state index contributed by atoms with van der Waals surface area (Å²) >= 11 is 6.05. The normalized spacial score (nSPS) is 17.8. The lowest BCUT2D eigenvalue weighted by Crippen LogP contribution is -2.36. The third-order valence-electron chi connectivity index (χ3n) is 4.77. The number of carbonyl (C=O) groups excluding carboxylic acids is 2. The van der Waals surface area contributed by atoms with Crippen molar-refractivity contribution in [1.82, 2.24) is 9.80 Å². The molecule has 1 heterocycles. The molecule has 2 rings (SSSR count). The molecule has 0 aromatic heterocycles. The number of hydrogen-bond acceptors (Lipinski definition) is 3. The van der Waals surface area contributed by atoms with Gasteiger partial charge in [-0.25, -0.2) is 0 Å². The maximum Gasteiger partial charge on any atom is 0.233 e. The van der Waals surface area contributed by atoms with Gasteiger partial charge in [0.25, 0.3) is 0 Å². The number of amides is 2. The molecule has 1 fully saturated rings. The molecule has 138 valence electrons. The monoisotopic (exact) mass is 365 g/mol. The summed E-state index contributed by atoms with van der Waals surface area (Å²) in [5.74, 6) is 0.0148. The topological polar surface area (TPSA) is 52.7 Å². The van der Waals surface area contributed by atoms with Gasteiger partial charge < -0.3 is 15.1 Å². The summed E-state index contributed by atoms with van der Waals surface area (Å²) in [6, 6.07) is 5.86. The molecule has 0 radical (unpaired) electrons. The van der Waals surface area contributed by atoms with Crippen LogP contribution in [0.1, 0.15) is 32.3 Å². The van der Waals surface area contributed by atoms with Gasteiger partial charge >= 0.3 is 0 Å². The van der Waals surface area contributed by atoms with Crippen molar-refractivity contribution in [1.29, 1.82) is 0 Å². The van der Waals surface area contributed by atoms with E-state index in [-0.39, 0.29) is 18.2 Å². The van der Waals surface area contributed by atoms with Gasteiger partial charge in [0.1, 0.15) is 6.42 Å². The molecule has 0 aliphatic carbocycles. The minimum Gasteiger partial charge on any atom is -0.345 e. The molecule has 0 bridgehead atoms. The first-order valence-corrected chi connectivity index (χ1v) is 9.18. The number of rotatable bonds is 6. The Morgan fingerprint density at radius 3 is 2.72 bits per heavy atom. The Kier molecular flexibility index (Phi) is 6.85. The Balaban J connectivity index is 1.80. The predicted octanol–water partition coefficient (Wildman–Crippen LogP) is 3.17. The van der Waals surface area contributed by atoms with Crippen LogP contribution in [0, 0.1) is 12.8 Å². The Labute approximate surface area is 155 Å². The summed E-state index contributed by atoms with van der Waals surface area (Å²) in [6.07, 6.45) is 0.951. The largest absolute Gasteiger partial charge is 0.345 e.